The first-order valence-electron chi connectivity index (χ1n) is 6.48. The lowest BCUT2D eigenvalue weighted by atomic mass is 10.0. The van der Waals surface area contributed by atoms with Crippen molar-refractivity contribution in [2.45, 2.75) is 12.8 Å². The van der Waals surface area contributed by atoms with E-state index in [2.05, 4.69) is 37.2 Å². The molecule has 0 bridgehead atoms. The number of halogens is 2. The Morgan fingerprint density at radius 2 is 1.77 bits per heavy atom. The Labute approximate surface area is 144 Å². The van der Waals surface area contributed by atoms with Crippen LogP contribution in [0.5, 0.6) is 0 Å². The number of hydrogen-bond donors (Lipinski definition) is 2. The number of carbonyl (C=O) groups is 2. The van der Waals surface area contributed by atoms with E-state index < -0.39 is 11.9 Å². The van der Waals surface area contributed by atoms with E-state index in [4.69, 9.17) is 0 Å². The van der Waals surface area contributed by atoms with Crippen molar-refractivity contribution in [3.63, 3.8) is 0 Å². The van der Waals surface area contributed by atoms with Gasteiger partial charge >= 0.3 is 5.97 Å². The van der Waals surface area contributed by atoms with Crippen molar-refractivity contribution in [3.8, 4) is 0 Å². The van der Waals surface area contributed by atoms with Crippen LogP contribution in [0.4, 0.5) is 5.69 Å². The monoisotopic (exact) mass is 425 g/mol. The zero-order valence-electron chi connectivity index (χ0n) is 11.6. The number of amides is 1. The van der Waals surface area contributed by atoms with Crippen LogP contribution >= 0.6 is 31.9 Å². The Kier molecular flexibility index (Phi) is 5.37. The van der Waals surface area contributed by atoms with Crippen LogP contribution in [0.25, 0.3) is 0 Å². The summed E-state index contributed by atoms with van der Waals surface area (Å²) >= 11 is 6.53. The van der Waals surface area contributed by atoms with Gasteiger partial charge in [-0.3, -0.25) is 4.79 Å². The molecule has 0 radical (unpaired) electrons. The number of hydrogen-bond acceptors (Lipinski definition) is 2. The van der Waals surface area contributed by atoms with Gasteiger partial charge in [0.2, 0.25) is 5.91 Å². The summed E-state index contributed by atoms with van der Waals surface area (Å²) in [5.41, 5.74) is 1.14. The van der Waals surface area contributed by atoms with Crippen LogP contribution in [0.3, 0.4) is 0 Å². The van der Waals surface area contributed by atoms with Gasteiger partial charge in [-0.05, 0) is 40.5 Å². The Hall–Kier alpha value is -1.66. The molecule has 0 heterocycles. The maximum atomic E-state index is 12.4. The minimum Gasteiger partial charge on any atom is -0.478 e. The van der Waals surface area contributed by atoms with Crippen molar-refractivity contribution >= 4 is 49.4 Å². The SMILES string of the molecule is CC(C(=O)Nc1c(Br)cc(Br)cc1C(=O)O)c1ccccc1. The average Bonchev–Trinajstić information content (AvgIpc) is 2.49. The van der Waals surface area contributed by atoms with Crippen LogP contribution in [0, 0.1) is 0 Å². The normalized spacial score (nSPS) is 11.8. The summed E-state index contributed by atoms with van der Waals surface area (Å²) in [6.07, 6.45) is 0. The lowest BCUT2D eigenvalue weighted by Gasteiger charge is -2.15. The van der Waals surface area contributed by atoms with Gasteiger partial charge in [0.1, 0.15) is 0 Å². The van der Waals surface area contributed by atoms with Crippen LogP contribution in [0.15, 0.2) is 51.4 Å². The minimum atomic E-state index is -1.11. The summed E-state index contributed by atoms with van der Waals surface area (Å²) in [7, 11) is 0. The zero-order valence-corrected chi connectivity index (χ0v) is 14.8. The van der Waals surface area contributed by atoms with Crippen molar-refractivity contribution in [2.24, 2.45) is 0 Å². The first-order valence-corrected chi connectivity index (χ1v) is 8.07. The molecule has 0 saturated carbocycles. The average molecular weight is 427 g/mol. The summed E-state index contributed by atoms with van der Waals surface area (Å²) in [6, 6.07) is 12.5. The maximum absolute atomic E-state index is 12.4. The summed E-state index contributed by atoms with van der Waals surface area (Å²) in [4.78, 5) is 23.7. The summed E-state index contributed by atoms with van der Waals surface area (Å²) in [6.45, 7) is 1.78. The van der Waals surface area contributed by atoms with Crippen LogP contribution in [0.1, 0.15) is 28.8 Å². The molecule has 1 atom stereocenters. The van der Waals surface area contributed by atoms with Crippen LogP contribution in [-0.4, -0.2) is 17.0 Å². The van der Waals surface area contributed by atoms with E-state index >= 15 is 0 Å². The zero-order chi connectivity index (χ0) is 16.3. The predicted octanol–water partition coefficient (Wildman–Crippen LogP) is 4.65. The largest absolute Gasteiger partial charge is 0.478 e. The first-order chi connectivity index (χ1) is 10.4. The van der Waals surface area contributed by atoms with Crippen molar-refractivity contribution in [2.75, 3.05) is 5.32 Å². The van der Waals surface area contributed by atoms with Gasteiger partial charge in [0.05, 0.1) is 17.2 Å². The fourth-order valence-corrected chi connectivity index (χ4v) is 3.32. The van der Waals surface area contributed by atoms with Crippen LogP contribution in [0.2, 0.25) is 0 Å². The maximum Gasteiger partial charge on any atom is 0.337 e. The Morgan fingerprint density at radius 1 is 1.14 bits per heavy atom. The summed E-state index contributed by atoms with van der Waals surface area (Å²) in [5.74, 6) is -1.76. The molecule has 6 heteroatoms. The van der Waals surface area contributed by atoms with Crippen molar-refractivity contribution in [1.82, 2.24) is 0 Å². The lowest BCUT2D eigenvalue weighted by Crippen LogP contribution is -2.20. The van der Waals surface area contributed by atoms with E-state index in [0.29, 0.717) is 8.95 Å². The number of benzene rings is 2. The fraction of sp³-hybridized carbons (Fsp3) is 0.125. The molecule has 2 aromatic carbocycles. The third kappa shape index (κ3) is 3.75. The molecule has 22 heavy (non-hydrogen) atoms. The van der Waals surface area contributed by atoms with Gasteiger partial charge < -0.3 is 10.4 Å². The van der Waals surface area contributed by atoms with E-state index in [1.54, 1.807) is 13.0 Å². The Bertz CT molecular complexity index is 717. The molecular formula is C16H13Br2NO3. The highest BCUT2D eigenvalue weighted by Gasteiger charge is 2.20. The second kappa shape index (κ2) is 7.07. The standard InChI is InChI=1S/C16H13Br2NO3/c1-9(10-5-3-2-4-6-10)15(20)19-14-12(16(21)22)7-11(17)8-13(14)18/h2-9H,1H3,(H,19,20)(H,21,22). The third-order valence-electron chi connectivity index (χ3n) is 3.23. The van der Waals surface area contributed by atoms with Gasteiger partial charge in [-0.15, -0.1) is 0 Å². The number of carboxylic acid groups (broad SMARTS) is 1. The van der Waals surface area contributed by atoms with Gasteiger partial charge in [0, 0.05) is 8.95 Å². The van der Waals surface area contributed by atoms with Gasteiger partial charge in [0.25, 0.3) is 0 Å². The second-order valence-corrected chi connectivity index (χ2v) is 6.51. The van der Waals surface area contributed by atoms with Crippen molar-refractivity contribution in [1.29, 1.82) is 0 Å². The number of carbonyl (C=O) groups excluding carboxylic acids is 1. The molecule has 2 aromatic rings. The number of rotatable bonds is 4. The van der Waals surface area contributed by atoms with E-state index in [1.165, 1.54) is 6.07 Å². The van der Waals surface area contributed by atoms with E-state index in [-0.39, 0.29) is 17.2 Å². The van der Waals surface area contributed by atoms with Crippen LogP contribution < -0.4 is 5.32 Å². The molecule has 2 N–H and O–H groups in total. The number of nitrogens with one attached hydrogen (secondary N) is 1. The molecule has 0 aromatic heterocycles. The predicted molar refractivity (Wildman–Crippen MR) is 92.3 cm³/mol. The third-order valence-corrected chi connectivity index (χ3v) is 4.31. The molecule has 0 aliphatic heterocycles. The van der Waals surface area contributed by atoms with E-state index in [0.717, 1.165) is 5.56 Å². The van der Waals surface area contributed by atoms with Crippen molar-refractivity contribution < 1.29 is 14.7 Å². The quantitative estimate of drug-likeness (QED) is 0.747. The number of anilines is 1. The molecule has 1 amide bonds. The van der Waals surface area contributed by atoms with E-state index in [9.17, 15) is 14.7 Å². The smallest absolute Gasteiger partial charge is 0.337 e. The summed E-state index contributed by atoms with van der Waals surface area (Å²) < 4.78 is 1.12. The summed E-state index contributed by atoms with van der Waals surface area (Å²) in [5, 5.41) is 12.0. The molecule has 0 saturated heterocycles. The number of carboxylic acids is 1. The molecule has 4 nitrogen and oxygen atoms in total. The molecular weight excluding hydrogens is 414 g/mol. The molecule has 0 aliphatic carbocycles. The molecule has 0 fully saturated rings. The number of aromatic carboxylic acids is 1. The molecule has 0 aliphatic rings. The Morgan fingerprint density at radius 3 is 2.36 bits per heavy atom. The van der Waals surface area contributed by atoms with Gasteiger partial charge in [0.15, 0.2) is 0 Å². The van der Waals surface area contributed by atoms with Gasteiger partial charge in [-0.25, -0.2) is 4.79 Å². The fourth-order valence-electron chi connectivity index (χ4n) is 1.99. The molecule has 1 unspecified atom stereocenters. The Balaban J connectivity index is 2.31. The van der Waals surface area contributed by atoms with Crippen LogP contribution in [-0.2, 0) is 4.79 Å². The second-order valence-electron chi connectivity index (χ2n) is 4.74. The topological polar surface area (TPSA) is 66.4 Å². The van der Waals surface area contributed by atoms with Gasteiger partial charge in [-0.1, -0.05) is 46.3 Å². The molecule has 0 spiro atoms. The highest BCUT2D eigenvalue weighted by molar-refractivity contribution is 9.11. The van der Waals surface area contributed by atoms with Gasteiger partial charge in [-0.2, -0.15) is 0 Å². The minimum absolute atomic E-state index is 0.0230. The highest BCUT2D eigenvalue weighted by Crippen LogP contribution is 2.32. The molecule has 2 rings (SSSR count). The first kappa shape index (κ1) is 16.7. The molecule has 114 valence electrons. The van der Waals surface area contributed by atoms with E-state index in [1.807, 2.05) is 30.3 Å². The highest BCUT2D eigenvalue weighted by atomic mass is 79.9. The lowest BCUT2D eigenvalue weighted by molar-refractivity contribution is -0.117. The van der Waals surface area contributed by atoms with Crippen molar-refractivity contribution in [3.05, 3.63) is 62.5 Å².